The van der Waals surface area contributed by atoms with E-state index in [-0.39, 0.29) is 5.91 Å². The molecule has 3 nitrogen and oxygen atoms in total. The third kappa shape index (κ3) is 6.71. The summed E-state index contributed by atoms with van der Waals surface area (Å²) in [5.41, 5.74) is 6.63. The third-order valence-corrected chi connectivity index (χ3v) is 3.77. The molecule has 1 aromatic rings. The van der Waals surface area contributed by atoms with E-state index in [0.717, 1.165) is 19.5 Å². The van der Waals surface area contributed by atoms with E-state index >= 15 is 0 Å². The smallest absolute Gasteiger partial charge is 0.218 e. The van der Waals surface area contributed by atoms with E-state index in [1.165, 1.54) is 24.8 Å². The predicted molar refractivity (Wildman–Crippen MR) is 84.5 cm³/mol. The average Bonchev–Trinajstić information content (AvgIpc) is 2.45. The minimum Gasteiger partial charge on any atom is -0.370 e. The lowest BCUT2D eigenvalue weighted by Gasteiger charge is -2.29. The molecule has 0 bridgehead atoms. The molecular formula is C17H28N2O. The lowest BCUT2D eigenvalue weighted by Crippen LogP contribution is -2.37. The van der Waals surface area contributed by atoms with Gasteiger partial charge < -0.3 is 5.73 Å². The molecule has 1 rings (SSSR count). The van der Waals surface area contributed by atoms with Crippen LogP contribution >= 0.6 is 0 Å². The Bertz CT molecular complexity index is 378. The second kappa shape index (κ2) is 9.54. The van der Waals surface area contributed by atoms with Crippen molar-refractivity contribution in [3.05, 3.63) is 35.9 Å². The van der Waals surface area contributed by atoms with Crippen LogP contribution in [-0.4, -0.2) is 29.9 Å². The molecule has 0 saturated carbocycles. The Labute approximate surface area is 123 Å². The molecule has 1 atom stereocenters. The molecule has 0 radical (unpaired) electrons. The molecule has 1 amide bonds. The first-order chi connectivity index (χ1) is 9.63. The van der Waals surface area contributed by atoms with Crippen molar-refractivity contribution >= 4 is 5.91 Å². The van der Waals surface area contributed by atoms with Crippen LogP contribution in [0, 0.1) is 0 Å². The van der Waals surface area contributed by atoms with Gasteiger partial charge in [0.15, 0.2) is 0 Å². The van der Waals surface area contributed by atoms with Crippen LogP contribution in [0.1, 0.15) is 45.1 Å². The normalized spacial score (nSPS) is 12.6. The number of benzene rings is 1. The van der Waals surface area contributed by atoms with Crippen LogP contribution in [-0.2, 0) is 11.2 Å². The fraction of sp³-hybridized carbons (Fsp3) is 0.588. The van der Waals surface area contributed by atoms with Crippen molar-refractivity contribution in [1.29, 1.82) is 0 Å². The first-order valence-electron chi connectivity index (χ1n) is 7.69. The number of rotatable bonds is 10. The van der Waals surface area contributed by atoms with Crippen LogP contribution in [0.3, 0.4) is 0 Å². The summed E-state index contributed by atoms with van der Waals surface area (Å²) < 4.78 is 0. The first kappa shape index (κ1) is 16.7. The van der Waals surface area contributed by atoms with Crippen LogP contribution in [0.5, 0.6) is 0 Å². The number of unbranched alkanes of at least 4 members (excludes halogenated alkanes) is 1. The maximum absolute atomic E-state index is 11.0. The molecule has 0 fully saturated rings. The van der Waals surface area contributed by atoms with Crippen molar-refractivity contribution in [2.45, 2.75) is 52.0 Å². The van der Waals surface area contributed by atoms with E-state index < -0.39 is 0 Å². The van der Waals surface area contributed by atoms with Gasteiger partial charge >= 0.3 is 0 Å². The molecule has 0 aliphatic carbocycles. The standard InChI is InChI=1S/C17H28N2O/c1-3-4-8-15(2)19(14-12-17(18)20)13-11-16-9-6-5-7-10-16/h5-7,9-10,15H,3-4,8,11-14H2,1-2H3,(H2,18,20)/t15-/m0/s1. The second-order valence-electron chi connectivity index (χ2n) is 5.48. The van der Waals surface area contributed by atoms with E-state index in [1.807, 2.05) is 6.07 Å². The van der Waals surface area contributed by atoms with E-state index in [9.17, 15) is 4.79 Å². The van der Waals surface area contributed by atoms with E-state index in [1.54, 1.807) is 0 Å². The van der Waals surface area contributed by atoms with Crippen molar-refractivity contribution in [3.8, 4) is 0 Å². The van der Waals surface area contributed by atoms with Gasteiger partial charge in [-0.15, -0.1) is 0 Å². The van der Waals surface area contributed by atoms with Crippen molar-refractivity contribution in [2.75, 3.05) is 13.1 Å². The summed E-state index contributed by atoms with van der Waals surface area (Å²) in [4.78, 5) is 13.4. The maximum Gasteiger partial charge on any atom is 0.218 e. The molecule has 0 aromatic heterocycles. The molecule has 112 valence electrons. The van der Waals surface area contributed by atoms with Gasteiger partial charge in [0.1, 0.15) is 0 Å². The van der Waals surface area contributed by atoms with Gasteiger partial charge in [0.25, 0.3) is 0 Å². The first-order valence-corrected chi connectivity index (χ1v) is 7.69. The summed E-state index contributed by atoms with van der Waals surface area (Å²) in [6, 6.07) is 11.0. The molecule has 20 heavy (non-hydrogen) atoms. The van der Waals surface area contributed by atoms with Crippen molar-refractivity contribution in [1.82, 2.24) is 4.90 Å². The van der Waals surface area contributed by atoms with Crippen LogP contribution < -0.4 is 5.73 Å². The Morgan fingerprint density at radius 2 is 1.95 bits per heavy atom. The number of carbonyl (C=O) groups is 1. The lowest BCUT2D eigenvalue weighted by molar-refractivity contribution is -0.118. The Morgan fingerprint density at radius 1 is 1.25 bits per heavy atom. The maximum atomic E-state index is 11.0. The molecule has 0 saturated heterocycles. The van der Waals surface area contributed by atoms with Crippen molar-refractivity contribution in [3.63, 3.8) is 0 Å². The monoisotopic (exact) mass is 276 g/mol. The number of nitrogens with zero attached hydrogens (tertiary/aromatic N) is 1. The van der Waals surface area contributed by atoms with Gasteiger partial charge in [-0.25, -0.2) is 0 Å². The average molecular weight is 276 g/mol. The zero-order valence-electron chi connectivity index (χ0n) is 12.8. The van der Waals surface area contributed by atoms with Crippen LogP contribution in [0.25, 0.3) is 0 Å². The zero-order valence-corrected chi connectivity index (χ0v) is 12.8. The van der Waals surface area contributed by atoms with Gasteiger partial charge in [-0.2, -0.15) is 0 Å². The Morgan fingerprint density at radius 3 is 2.55 bits per heavy atom. The fourth-order valence-corrected chi connectivity index (χ4v) is 2.41. The molecule has 0 heterocycles. The number of hydrogen-bond donors (Lipinski definition) is 1. The summed E-state index contributed by atoms with van der Waals surface area (Å²) in [6.45, 7) is 6.22. The lowest BCUT2D eigenvalue weighted by atomic mass is 10.1. The summed E-state index contributed by atoms with van der Waals surface area (Å²) in [6.07, 6.45) is 5.11. The molecule has 0 aliphatic heterocycles. The Kier molecular flexibility index (Phi) is 7.97. The van der Waals surface area contributed by atoms with Gasteiger partial charge in [-0.1, -0.05) is 50.1 Å². The molecule has 3 heteroatoms. The minimum atomic E-state index is -0.211. The molecule has 0 aliphatic rings. The van der Waals surface area contributed by atoms with Crippen molar-refractivity contribution < 1.29 is 4.79 Å². The van der Waals surface area contributed by atoms with Gasteiger partial charge in [0.05, 0.1) is 0 Å². The Hall–Kier alpha value is -1.35. The van der Waals surface area contributed by atoms with Gasteiger partial charge in [0, 0.05) is 25.6 Å². The third-order valence-electron chi connectivity index (χ3n) is 3.77. The highest BCUT2D eigenvalue weighted by atomic mass is 16.1. The summed E-state index contributed by atoms with van der Waals surface area (Å²) in [5.74, 6) is -0.211. The molecular weight excluding hydrogens is 248 g/mol. The van der Waals surface area contributed by atoms with E-state index in [4.69, 9.17) is 5.73 Å². The van der Waals surface area contributed by atoms with Crippen LogP contribution in [0.2, 0.25) is 0 Å². The molecule has 0 spiro atoms. The quantitative estimate of drug-likeness (QED) is 0.714. The highest BCUT2D eigenvalue weighted by molar-refractivity contribution is 5.73. The SMILES string of the molecule is CCCC[C@H](C)N(CCC(N)=O)CCc1ccccc1. The van der Waals surface area contributed by atoms with Gasteiger partial charge in [-0.05, 0) is 25.3 Å². The number of primary amides is 1. The van der Waals surface area contributed by atoms with E-state index in [0.29, 0.717) is 12.5 Å². The number of hydrogen-bond acceptors (Lipinski definition) is 2. The predicted octanol–water partition coefficient (Wildman–Crippen LogP) is 2.99. The number of nitrogens with two attached hydrogens (primary N) is 1. The van der Waals surface area contributed by atoms with Crippen LogP contribution in [0.15, 0.2) is 30.3 Å². The topological polar surface area (TPSA) is 46.3 Å². The largest absolute Gasteiger partial charge is 0.370 e. The highest BCUT2D eigenvalue weighted by Crippen LogP contribution is 2.11. The summed E-state index contributed by atoms with van der Waals surface area (Å²) in [5, 5.41) is 0. The Balaban J connectivity index is 2.50. The highest BCUT2D eigenvalue weighted by Gasteiger charge is 2.14. The molecule has 2 N–H and O–H groups in total. The minimum absolute atomic E-state index is 0.211. The fourth-order valence-electron chi connectivity index (χ4n) is 2.41. The molecule has 1 aromatic carbocycles. The summed E-state index contributed by atoms with van der Waals surface area (Å²) in [7, 11) is 0. The van der Waals surface area contributed by atoms with Gasteiger partial charge in [0.2, 0.25) is 5.91 Å². The van der Waals surface area contributed by atoms with Crippen molar-refractivity contribution in [2.24, 2.45) is 5.73 Å². The second-order valence-corrected chi connectivity index (χ2v) is 5.48. The zero-order chi connectivity index (χ0) is 14.8. The van der Waals surface area contributed by atoms with E-state index in [2.05, 4.69) is 43.0 Å². The number of amides is 1. The molecule has 0 unspecified atom stereocenters. The number of carbonyl (C=O) groups excluding carboxylic acids is 1. The van der Waals surface area contributed by atoms with Crippen LogP contribution in [0.4, 0.5) is 0 Å². The van der Waals surface area contributed by atoms with Gasteiger partial charge in [-0.3, -0.25) is 9.69 Å². The summed E-state index contributed by atoms with van der Waals surface area (Å²) >= 11 is 0.